The highest BCUT2D eigenvalue weighted by molar-refractivity contribution is 7.90. The number of benzene rings is 2. The SMILES string of the molecule is COC(=O)c1ccc(C(=O)NS(=O)(=O)c2cccc(CCNC(=O)Cc3ccccc3)c2)cn1. The van der Waals surface area contributed by atoms with E-state index in [4.69, 9.17) is 0 Å². The fourth-order valence-corrected chi connectivity index (χ4v) is 4.10. The van der Waals surface area contributed by atoms with E-state index >= 15 is 0 Å². The Morgan fingerprint density at radius 3 is 2.35 bits per heavy atom. The number of sulfonamides is 1. The minimum absolute atomic E-state index is 0.00883. The van der Waals surface area contributed by atoms with Gasteiger partial charge in [-0.2, -0.15) is 0 Å². The van der Waals surface area contributed by atoms with Crippen LogP contribution in [-0.4, -0.2) is 44.8 Å². The minimum atomic E-state index is -4.15. The fourth-order valence-electron chi connectivity index (χ4n) is 3.05. The second-order valence-corrected chi connectivity index (χ2v) is 8.95. The molecule has 2 aromatic carbocycles. The van der Waals surface area contributed by atoms with Gasteiger partial charge in [-0.15, -0.1) is 0 Å². The standard InChI is InChI=1S/C24H23N3O6S/c1-33-24(30)21-11-10-19(16-26-21)23(29)27-34(31,32)20-9-5-8-18(14-20)12-13-25-22(28)15-17-6-3-2-4-7-17/h2-11,14,16H,12-13,15H2,1H3,(H,25,28)(H,27,29). The molecule has 3 aromatic rings. The summed E-state index contributed by atoms with van der Waals surface area (Å²) in [6.07, 6.45) is 1.76. The van der Waals surface area contributed by atoms with Crippen molar-refractivity contribution in [3.8, 4) is 0 Å². The summed E-state index contributed by atoms with van der Waals surface area (Å²) in [5.74, 6) is -1.69. The van der Waals surface area contributed by atoms with Gasteiger partial charge in [0.25, 0.3) is 15.9 Å². The molecule has 0 unspecified atom stereocenters. The topological polar surface area (TPSA) is 132 Å². The number of hydrogen-bond donors (Lipinski definition) is 2. The lowest BCUT2D eigenvalue weighted by Crippen LogP contribution is -2.31. The Morgan fingerprint density at radius 1 is 0.941 bits per heavy atom. The average Bonchev–Trinajstić information content (AvgIpc) is 2.84. The van der Waals surface area contributed by atoms with Crippen LogP contribution in [0, 0.1) is 0 Å². The molecule has 0 radical (unpaired) electrons. The first-order valence-electron chi connectivity index (χ1n) is 10.3. The Balaban J connectivity index is 1.58. The highest BCUT2D eigenvalue weighted by Gasteiger charge is 2.20. The molecule has 0 aliphatic carbocycles. The van der Waals surface area contributed by atoms with E-state index in [0.29, 0.717) is 18.5 Å². The van der Waals surface area contributed by atoms with Gasteiger partial charge in [0.05, 0.1) is 24.0 Å². The number of carbonyl (C=O) groups excluding carboxylic acids is 3. The third-order valence-corrected chi connectivity index (χ3v) is 6.13. The predicted molar refractivity (Wildman–Crippen MR) is 124 cm³/mol. The summed E-state index contributed by atoms with van der Waals surface area (Å²) in [7, 11) is -2.95. The molecule has 0 fully saturated rings. The van der Waals surface area contributed by atoms with E-state index in [-0.39, 0.29) is 28.5 Å². The molecule has 3 rings (SSSR count). The number of rotatable bonds is 9. The van der Waals surface area contributed by atoms with E-state index in [1.807, 2.05) is 35.1 Å². The lowest BCUT2D eigenvalue weighted by atomic mass is 10.1. The number of ether oxygens (including phenoxy) is 1. The number of pyridine rings is 1. The van der Waals surface area contributed by atoms with Crippen LogP contribution in [0.2, 0.25) is 0 Å². The molecule has 0 saturated heterocycles. The second kappa shape index (κ2) is 11.2. The zero-order valence-corrected chi connectivity index (χ0v) is 19.2. The third-order valence-electron chi connectivity index (χ3n) is 4.80. The van der Waals surface area contributed by atoms with Crippen LogP contribution in [-0.2, 0) is 32.4 Å². The normalized spacial score (nSPS) is 10.9. The molecule has 9 nitrogen and oxygen atoms in total. The maximum Gasteiger partial charge on any atom is 0.356 e. The number of amides is 2. The average molecular weight is 482 g/mol. The van der Waals surface area contributed by atoms with Crippen molar-refractivity contribution in [2.24, 2.45) is 0 Å². The van der Waals surface area contributed by atoms with E-state index in [2.05, 4.69) is 15.0 Å². The number of aromatic nitrogens is 1. The van der Waals surface area contributed by atoms with Gasteiger partial charge in [0.2, 0.25) is 5.91 Å². The molecule has 0 aliphatic rings. The summed E-state index contributed by atoms with van der Waals surface area (Å²) in [6, 6.07) is 18.0. The lowest BCUT2D eigenvalue weighted by Gasteiger charge is -2.09. The molecular weight excluding hydrogens is 458 g/mol. The summed E-state index contributed by atoms with van der Waals surface area (Å²) in [5.41, 5.74) is 1.54. The minimum Gasteiger partial charge on any atom is -0.464 e. The van der Waals surface area contributed by atoms with Crippen LogP contribution >= 0.6 is 0 Å². The van der Waals surface area contributed by atoms with Crippen molar-refractivity contribution in [2.45, 2.75) is 17.7 Å². The van der Waals surface area contributed by atoms with E-state index in [1.165, 1.54) is 31.4 Å². The van der Waals surface area contributed by atoms with Gasteiger partial charge in [-0.1, -0.05) is 42.5 Å². The molecule has 0 spiro atoms. The molecule has 176 valence electrons. The van der Waals surface area contributed by atoms with Crippen LogP contribution in [0.5, 0.6) is 0 Å². The maximum atomic E-state index is 12.7. The lowest BCUT2D eigenvalue weighted by molar-refractivity contribution is -0.120. The van der Waals surface area contributed by atoms with Crippen LogP contribution in [0.25, 0.3) is 0 Å². The Morgan fingerprint density at radius 2 is 1.68 bits per heavy atom. The van der Waals surface area contributed by atoms with Gasteiger partial charge in [0, 0.05) is 12.7 Å². The molecule has 0 saturated carbocycles. The van der Waals surface area contributed by atoms with Crippen LogP contribution in [0.3, 0.4) is 0 Å². The molecule has 2 N–H and O–H groups in total. The van der Waals surface area contributed by atoms with Crippen molar-refractivity contribution < 1.29 is 27.5 Å². The number of nitrogens with zero attached hydrogens (tertiary/aromatic N) is 1. The van der Waals surface area contributed by atoms with Crippen molar-refractivity contribution in [1.82, 2.24) is 15.0 Å². The first-order chi connectivity index (χ1) is 16.3. The number of methoxy groups -OCH3 is 1. The molecular formula is C24H23N3O6S. The summed E-state index contributed by atoms with van der Waals surface area (Å²) < 4.78 is 31.9. The quantitative estimate of drug-likeness (QED) is 0.446. The monoisotopic (exact) mass is 481 g/mol. The van der Waals surface area contributed by atoms with Gasteiger partial charge < -0.3 is 10.1 Å². The van der Waals surface area contributed by atoms with Crippen molar-refractivity contribution in [1.29, 1.82) is 0 Å². The van der Waals surface area contributed by atoms with Crippen molar-refractivity contribution >= 4 is 27.8 Å². The second-order valence-electron chi connectivity index (χ2n) is 7.27. The van der Waals surface area contributed by atoms with Crippen LogP contribution in [0.4, 0.5) is 0 Å². The number of nitrogens with one attached hydrogen (secondary N) is 2. The van der Waals surface area contributed by atoms with Crippen LogP contribution in [0.1, 0.15) is 32.0 Å². The van der Waals surface area contributed by atoms with Gasteiger partial charge in [-0.3, -0.25) is 9.59 Å². The zero-order chi connectivity index (χ0) is 24.6. The molecule has 34 heavy (non-hydrogen) atoms. The number of hydrogen-bond acceptors (Lipinski definition) is 7. The van der Waals surface area contributed by atoms with Crippen molar-refractivity contribution in [3.63, 3.8) is 0 Å². The summed E-state index contributed by atoms with van der Waals surface area (Å²) in [6.45, 7) is 0.333. The summed E-state index contributed by atoms with van der Waals surface area (Å²) >= 11 is 0. The van der Waals surface area contributed by atoms with Gasteiger partial charge in [0.15, 0.2) is 0 Å². The summed E-state index contributed by atoms with van der Waals surface area (Å²) in [5, 5.41) is 2.81. The van der Waals surface area contributed by atoms with Gasteiger partial charge in [-0.25, -0.2) is 22.9 Å². The molecule has 1 aromatic heterocycles. The Kier molecular flexibility index (Phi) is 8.10. The van der Waals surface area contributed by atoms with E-state index in [9.17, 15) is 22.8 Å². The van der Waals surface area contributed by atoms with Gasteiger partial charge in [0.1, 0.15) is 5.69 Å². The zero-order valence-electron chi connectivity index (χ0n) is 18.4. The number of carbonyl (C=O) groups is 3. The Labute approximate surface area is 197 Å². The molecule has 0 bridgehead atoms. The molecule has 0 aliphatic heterocycles. The van der Waals surface area contributed by atoms with E-state index in [1.54, 1.807) is 12.1 Å². The van der Waals surface area contributed by atoms with Gasteiger partial charge >= 0.3 is 5.97 Å². The predicted octanol–water partition coefficient (Wildman–Crippen LogP) is 1.89. The maximum absolute atomic E-state index is 12.7. The molecule has 1 heterocycles. The highest BCUT2D eigenvalue weighted by atomic mass is 32.2. The van der Waals surface area contributed by atoms with Crippen molar-refractivity contribution in [2.75, 3.05) is 13.7 Å². The number of esters is 1. The van der Waals surface area contributed by atoms with E-state index in [0.717, 1.165) is 11.8 Å². The first-order valence-corrected chi connectivity index (χ1v) is 11.8. The van der Waals surface area contributed by atoms with Crippen molar-refractivity contribution in [3.05, 3.63) is 95.3 Å². The highest BCUT2D eigenvalue weighted by Crippen LogP contribution is 2.13. The third kappa shape index (κ3) is 6.72. The summed E-state index contributed by atoms with van der Waals surface area (Å²) in [4.78, 5) is 39.6. The smallest absolute Gasteiger partial charge is 0.356 e. The molecule has 10 heteroatoms. The fraction of sp³-hybridized carbons (Fsp3) is 0.167. The van der Waals surface area contributed by atoms with Crippen LogP contribution < -0.4 is 10.0 Å². The molecule has 2 amide bonds. The first kappa shape index (κ1) is 24.6. The Bertz CT molecular complexity index is 1280. The Hall–Kier alpha value is -4.05. The largest absolute Gasteiger partial charge is 0.464 e. The van der Waals surface area contributed by atoms with E-state index < -0.39 is 21.9 Å². The molecule has 0 atom stereocenters. The van der Waals surface area contributed by atoms with Gasteiger partial charge in [-0.05, 0) is 41.8 Å². The van der Waals surface area contributed by atoms with Crippen LogP contribution in [0.15, 0.2) is 77.8 Å².